The summed E-state index contributed by atoms with van der Waals surface area (Å²) < 4.78 is 0. The summed E-state index contributed by atoms with van der Waals surface area (Å²) in [5, 5.41) is 4.80. The third kappa shape index (κ3) is 3.28. The van der Waals surface area contributed by atoms with Crippen molar-refractivity contribution in [1.29, 1.82) is 0 Å². The predicted octanol–water partition coefficient (Wildman–Crippen LogP) is 1.34. The van der Waals surface area contributed by atoms with Crippen molar-refractivity contribution < 1.29 is 4.79 Å². The van der Waals surface area contributed by atoms with E-state index in [9.17, 15) is 4.79 Å². The summed E-state index contributed by atoms with van der Waals surface area (Å²) in [5.74, 6) is 0.264. The maximum Gasteiger partial charge on any atom is 0.229 e. The van der Waals surface area contributed by atoms with Crippen molar-refractivity contribution in [3.8, 4) is 0 Å². The second-order valence-electron chi connectivity index (χ2n) is 2.34. The van der Waals surface area contributed by atoms with Gasteiger partial charge in [-0.1, -0.05) is 6.07 Å². The Morgan fingerprint density at radius 2 is 2.50 bits per heavy atom. The number of carbonyl (C=O) groups is 1. The zero-order valence-electron chi connectivity index (χ0n) is 6.62. The summed E-state index contributed by atoms with van der Waals surface area (Å²) in [7, 11) is 0. The van der Waals surface area contributed by atoms with Gasteiger partial charge in [0.05, 0.1) is 5.75 Å². The first kappa shape index (κ1) is 9.61. The van der Waals surface area contributed by atoms with Crippen molar-refractivity contribution in [1.82, 2.24) is 5.32 Å². The molecular formula is C8H11NOS2. The van der Waals surface area contributed by atoms with Crippen molar-refractivity contribution in [3.05, 3.63) is 22.4 Å². The van der Waals surface area contributed by atoms with Gasteiger partial charge in [0.15, 0.2) is 0 Å². The number of rotatable bonds is 4. The molecule has 0 atom stereocenters. The molecule has 1 aromatic heterocycles. The van der Waals surface area contributed by atoms with Gasteiger partial charge in [0.1, 0.15) is 0 Å². The van der Waals surface area contributed by atoms with Crippen molar-refractivity contribution >= 4 is 29.9 Å². The summed E-state index contributed by atoms with van der Waals surface area (Å²) in [6.07, 6.45) is 0.914. The second kappa shape index (κ2) is 5.22. The van der Waals surface area contributed by atoms with E-state index in [1.54, 1.807) is 11.3 Å². The van der Waals surface area contributed by atoms with Crippen LogP contribution >= 0.6 is 24.0 Å². The van der Waals surface area contributed by atoms with Crippen LogP contribution in [0.1, 0.15) is 4.88 Å². The molecular weight excluding hydrogens is 190 g/mol. The SMILES string of the molecule is O=C(CS)NCCc1cccs1. The standard InChI is InChI=1S/C8H11NOS2/c10-8(6-11)9-4-3-7-2-1-5-12-7/h1-2,5,11H,3-4,6H2,(H,9,10). The molecule has 0 aliphatic rings. The van der Waals surface area contributed by atoms with Crippen LogP contribution in [-0.2, 0) is 11.2 Å². The number of thiol groups is 1. The Bertz CT molecular complexity index is 233. The van der Waals surface area contributed by atoms with E-state index < -0.39 is 0 Å². The Hall–Kier alpha value is -0.480. The van der Waals surface area contributed by atoms with E-state index in [1.807, 2.05) is 11.4 Å². The van der Waals surface area contributed by atoms with Crippen LogP contribution in [0, 0.1) is 0 Å². The summed E-state index contributed by atoms with van der Waals surface area (Å²) in [5.41, 5.74) is 0. The highest BCUT2D eigenvalue weighted by molar-refractivity contribution is 7.81. The fourth-order valence-electron chi connectivity index (χ4n) is 0.836. The number of thiophene rings is 1. The number of hydrogen-bond donors (Lipinski definition) is 2. The van der Waals surface area contributed by atoms with E-state index in [0.717, 1.165) is 6.42 Å². The third-order valence-electron chi connectivity index (χ3n) is 1.42. The van der Waals surface area contributed by atoms with Crippen molar-refractivity contribution in [2.24, 2.45) is 0 Å². The second-order valence-corrected chi connectivity index (χ2v) is 3.69. The molecule has 0 fully saturated rings. The number of nitrogens with one attached hydrogen (secondary N) is 1. The highest BCUT2D eigenvalue weighted by Gasteiger charge is 1.96. The first-order valence-electron chi connectivity index (χ1n) is 3.73. The molecule has 1 N–H and O–H groups in total. The maximum atomic E-state index is 10.8. The molecule has 0 saturated carbocycles. The normalized spacial score (nSPS) is 9.75. The van der Waals surface area contributed by atoms with E-state index in [1.165, 1.54) is 4.88 Å². The Morgan fingerprint density at radius 1 is 1.67 bits per heavy atom. The molecule has 0 saturated heterocycles. The molecule has 2 nitrogen and oxygen atoms in total. The van der Waals surface area contributed by atoms with Gasteiger partial charge in [0.2, 0.25) is 5.91 Å². The minimum atomic E-state index is -0.00473. The quantitative estimate of drug-likeness (QED) is 0.707. The summed E-state index contributed by atoms with van der Waals surface area (Å²) >= 11 is 5.57. The number of hydrogen-bond acceptors (Lipinski definition) is 3. The fourth-order valence-corrected chi connectivity index (χ4v) is 1.66. The average Bonchev–Trinajstić information content (AvgIpc) is 2.57. The summed E-state index contributed by atoms with van der Waals surface area (Å²) in [6.45, 7) is 0.708. The lowest BCUT2D eigenvalue weighted by atomic mass is 10.3. The number of carbonyl (C=O) groups excluding carboxylic acids is 1. The minimum absolute atomic E-state index is 0.00473. The highest BCUT2D eigenvalue weighted by Crippen LogP contribution is 2.07. The molecule has 0 radical (unpaired) electrons. The molecule has 1 aromatic rings. The van der Waals surface area contributed by atoms with Gasteiger partial charge >= 0.3 is 0 Å². The summed E-state index contributed by atoms with van der Waals surface area (Å²) in [4.78, 5) is 12.1. The monoisotopic (exact) mass is 201 g/mol. The van der Waals surface area contributed by atoms with Crippen LogP contribution in [0.3, 0.4) is 0 Å². The lowest BCUT2D eigenvalue weighted by Crippen LogP contribution is -2.26. The largest absolute Gasteiger partial charge is 0.355 e. The molecule has 0 bridgehead atoms. The van der Waals surface area contributed by atoms with Gasteiger partial charge in [-0.15, -0.1) is 11.3 Å². The molecule has 0 aromatic carbocycles. The minimum Gasteiger partial charge on any atom is -0.355 e. The van der Waals surface area contributed by atoms with Crippen LogP contribution in [0.4, 0.5) is 0 Å². The summed E-state index contributed by atoms with van der Waals surface area (Å²) in [6, 6.07) is 4.08. The third-order valence-corrected chi connectivity index (χ3v) is 2.64. The van der Waals surface area contributed by atoms with Crippen molar-refractivity contribution in [3.63, 3.8) is 0 Å². The van der Waals surface area contributed by atoms with Crippen molar-refractivity contribution in [2.45, 2.75) is 6.42 Å². The first-order chi connectivity index (χ1) is 5.83. The Kier molecular flexibility index (Phi) is 4.18. The van der Waals surface area contributed by atoms with Gasteiger partial charge in [-0.05, 0) is 17.9 Å². The van der Waals surface area contributed by atoms with Crippen LogP contribution < -0.4 is 5.32 Å². The smallest absolute Gasteiger partial charge is 0.229 e. The topological polar surface area (TPSA) is 29.1 Å². The van der Waals surface area contributed by atoms with Crippen LogP contribution in [0.5, 0.6) is 0 Å². The van der Waals surface area contributed by atoms with Gasteiger partial charge < -0.3 is 5.32 Å². The van der Waals surface area contributed by atoms with E-state index in [0.29, 0.717) is 6.54 Å². The Morgan fingerprint density at radius 3 is 3.08 bits per heavy atom. The van der Waals surface area contributed by atoms with Gasteiger partial charge in [-0.2, -0.15) is 12.6 Å². The van der Waals surface area contributed by atoms with E-state index in [2.05, 4.69) is 24.0 Å². The van der Waals surface area contributed by atoms with Gasteiger partial charge in [-0.25, -0.2) is 0 Å². The van der Waals surface area contributed by atoms with Gasteiger partial charge in [-0.3, -0.25) is 4.79 Å². The molecule has 1 heterocycles. The van der Waals surface area contributed by atoms with Crippen LogP contribution in [-0.4, -0.2) is 18.2 Å². The van der Waals surface area contributed by atoms with Gasteiger partial charge in [0, 0.05) is 11.4 Å². The molecule has 1 amide bonds. The molecule has 4 heteroatoms. The molecule has 0 aliphatic carbocycles. The lowest BCUT2D eigenvalue weighted by molar-refractivity contribution is -0.118. The molecule has 0 unspecified atom stereocenters. The Balaban J connectivity index is 2.15. The average molecular weight is 201 g/mol. The Labute approximate surface area is 81.4 Å². The first-order valence-corrected chi connectivity index (χ1v) is 5.24. The van der Waals surface area contributed by atoms with E-state index >= 15 is 0 Å². The van der Waals surface area contributed by atoms with E-state index in [4.69, 9.17) is 0 Å². The predicted molar refractivity (Wildman–Crippen MR) is 54.9 cm³/mol. The fraction of sp³-hybridized carbons (Fsp3) is 0.375. The number of amides is 1. The van der Waals surface area contributed by atoms with Crippen LogP contribution in [0.15, 0.2) is 17.5 Å². The van der Waals surface area contributed by atoms with Gasteiger partial charge in [0.25, 0.3) is 0 Å². The van der Waals surface area contributed by atoms with Crippen LogP contribution in [0.2, 0.25) is 0 Å². The molecule has 1 rings (SSSR count). The van der Waals surface area contributed by atoms with Crippen LogP contribution in [0.25, 0.3) is 0 Å². The highest BCUT2D eigenvalue weighted by atomic mass is 32.1. The lowest BCUT2D eigenvalue weighted by Gasteiger charge is -2.00. The zero-order chi connectivity index (χ0) is 8.81. The van der Waals surface area contributed by atoms with E-state index in [-0.39, 0.29) is 11.7 Å². The molecule has 12 heavy (non-hydrogen) atoms. The molecule has 0 spiro atoms. The maximum absolute atomic E-state index is 10.8. The van der Waals surface area contributed by atoms with Crippen molar-refractivity contribution in [2.75, 3.05) is 12.3 Å². The zero-order valence-corrected chi connectivity index (χ0v) is 8.33. The molecule has 66 valence electrons. The molecule has 0 aliphatic heterocycles.